The quantitative estimate of drug-likeness (QED) is 0.725. The highest BCUT2D eigenvalue weighted by Crippen LogP contribution is 2.23. The van der Waals surface area contributed by atoms with E-state index in [1.54, 1.807) is 22.0 Å². The molecule has 2 amide bonds. The summed E-state index contributed by atoms with van der Waals surface area (Å²) < 4.78 is 2.84. The zero-order chi connectivity index (χ0) is 13.8. The van der Waals surface area contributed by atoms with Gasteiger partial charge in [-0.15, -0.1) is 11.3 Å². The molecule has 0 bridgehead atoms. The monoisotopic (exact) mass is 281 g/mol. The molecule has 19 heavy (non-hydrogen) atoms. The Morgan fingerprint density at radius 1 is 1.42 bits per heavy atom. The van der Waals surface area contributed by atoms with Gasteiger partial charge in [0.2, 0.25) is 5.91 Å². The number of thiophene rings is 1. The molecule has 0 unspecified atom stereocenters. The highest BCUT2D eigenvalue weighted by Gasteiger charge is 2.14. The van der Waals surface area contributed by atoms with E-state index in [9.17, 15) is 9.59 Å². The lowest BCUT2D eigenvalue weighted by Crippen LogP contribution is -2.38. The molecule has 0 atom stereocenters. The predicted molar refractivity (Wildman–Crippen MR) is 73.2 cm³/mol. The minimum atomic E-state index is -0.321. The third-order valence-corrected chi connectivity index (χ3v) is 3.59. The summed E-state index contributed by atoms with van der Waals surface area (Å²) in [4.78, 5) is 23.3. The molecule has 3 N–H and O–H groups in total. The number of amides is 2. The minimum absolute atomic E-state index is 0.0995. The number of aryl methyl sites for hydroxylation is 1. The fraction of sp³-hybridized carbons (Fsp3) is 0.333. The van der Waals surface area contributed by atoms with E-state index in [1.807, 2.05) is 18.5 Å². The van der Waals surface area contributed by atoms with E-state index in [0.717, 1.165) is 10.2 Å². The first-order valence-corrected chi connectivity index (χ1v) is 6.70. The first-order valence-electron chi connectivity index (χ1n) is 5.82. The van der Waals surface area contributed by atoms with E-state index < -0.39 is 0 Å². The second-order valence-electron chi connectivity index (χ2n) is 4.01. The van der Waals surface area contributed by atoms with Crippen molar-refractivity contribution in [2.24, 2.45) is 7.05 Å². The van der Waals surface area contributed by atoms with Crippen LogP contribution in [-0.2, 0) is 11.8 Å². The number of nitrogens with zero attached hydrogens (tertiary/aromatic N) is 1. The van der Waals surface area contributed by atoms with Crippen LogP contribution in [0.15, 0.2) is 17.5 Å². The van der Waals surface area contributed by atoms with E-state index in [4.69, 9.17) is 5.11 Å². The van der Waals surface area contributed by atoms with Crippen LogP contribution in [0.4, 0.5) is 0 Å². The number of rotatable bonds is 5. The van der Waals surface area contributed by atoms with Gasteiger partial charge in [0, 0.05) is 13.6 Å². The third kappa shape index (κ3) is 2.94. The summed E-state index contributed by atoms with van der Waals surface area (Å²) in [6.45, 7) is -0.0278. The van der Waals surface area contributed by atoms with Crippen LogP contribution in [0, 0.1) is 0 Å². The summed E-state index contributed by atoms with van der Waals surface area (Å²) in [5, 5.41) is 15.5. The summed E-state index contributed by atoms with van der Waals surface area (Å²) in [5.41, 5.74) is 1.52. The van der Waals surface area contributed by atoms with Gasteiger partial charge < -0.3 is 20.3 Å². The van der Waals surface area contributed by atoms with Crippen LogP contribution >= 0.6 is 11.3 Å². The number of hydrogen-bond acceptors (Lipinski definition) is 4. The summed E-state index contributed by atoms with van der Waals surface area (Å²) >= 11 is 1.57. The summed E-state index contributed by atoms with van der Waals surface area (Å²) in [7, 11) is 1.82. The van der Waals surface area contributed by atoms with Gasteiger partial charge >= 0.3 is 0 Å². The second kappa shape index (κ2) is 5.85. The fourth-order valence-electron chi connectivity index (χ4n) is 1.78. The zero-order valence-electron chi connectivity index (χ0n) is 10.5. The Balaban J connectivity index is 1.98. The van der Waals surface area contributed by atoms with Gasteiger partial charge in [-0.2, -0.15) is 0 Å². The van der Waals surface area contributed by atoms with Crippen molar-refractivity contribution < 1.29 is 14.7 Å². The summed E-state index contributed by atoms with van der Waals surface area (Å²) in [6, 6.07) is 3.76. The van der Waals surface area contributed by atoms with Crippen LogP contribution < -0.4 is 10.6 Å². The number of aliphatic hydroxyl groups is 1. The van der Waals surface area contributed by atoms with E-state index in [-0.39, 0.29) is 31.5 Å². The standard InChI is InChI=1S/C12H15N3O3S/c1-15-8-2-5-19-10(8)6-9(15)12(18)14-7-11(17)13-3-4-16/h2,5-6,16H,3-4,7H2,1H3,(H,13,17)(H,14,18). The molecule has 0 aliphatic carbocycles. The van der Waals surface area contributed by atoms with Crippen molar-refractivity contribution in [3.63, 3.8) is 0 Å². The maximum atomic E-state index is 12.0. The van der Waals surface area contributed by atoms with Crippen LogP contribution in [0.3, 0.4) is 0 Å². The first-order chi connectivity index (χ1) is 9.13. The Morgan fingerprint density at radius 3 is 2.89 bits per heavy atom. The number of aliphatic hydroxyl groups excluding tert-OH is 1. The third-order valence-electron chi connectivity index (χ3n) is 2.74. The smallest absolute Gasteiger partial charge is 0.268 e. The average molecular weight is 281 g/mol. The Kier molecular flexibility index (Phi) is 4.18. The maximum Gasteiger partial charge on any atom is 0.268 e. The molecule has 0 aromatic carbocycles. The average Bonchev–Trinajstić information content (AvgIpc) is 2.97. The van der Waals surface area contributed by atoms with Crippen molar-refractivity contribution >= 4 is 33.4 Å². The topological polar surface area (TPSA) is 83.4 Å². The molecule has 0 saturated heterocycles. The van der Waals surface area contributed by atoms with Gasteiger partial charge in [-0.25, -0.2) is 0 Å². The molecular formula is C12H15N3O3S. The highest BCUT2D eigenvalue weighted by atomic mass is 32.1. The van der Waals surface area contributed by atoms with E-state index >= 15 is 0 Å². The van der Waals surface area contributed by atoms with Crippen molar-refractivity contribution in [3.8, 4) is 0 Å². The number of aromatic nitrogens is 1. The van der Waals surface area contributed by atoms with Crippen LogP contribution in [0.5, 0.6) is 0 Å². The second-order valence-corrected chi connectivity index (χ2v) is 4.96. The van der Waals surface area contributed by atoms with Crippen molar-refractivity contribution in [2.45, 2.75) is 0 Å². The van der Waals surface area contributed by atoms with E-state index in [2.05, 4.69) is 10.6 Å². The lowest BCUT2D eigenvalue weighted by Gasteiger charge is -2.06. The number of nitrogens with one attached hydrogen (secondary N) is 2. The molecule has 0 aliphatic heterocycles. The summed E-state index contributed by atoms with van der Waals surface area (Å²) in [5.74, 6) is -0.608. The minimum Gasteiger partial charge on any atom is -0.395 e. The molecule has 2 aromatic rings. The van der Waals surface area contributed by atoms with Gasteiger partial charge in [0.25, 0.3) is 5.91 Å². The van der Waals surface area contributed by atoms with Gasteiger partial charge in [0.1, 0.15) is 5.69 Å². The number of hydrogen-bond donors (Lipinski definition) is 3. The molecule has 0 radical (unpaired) electrons. The van der Waals surface area contributed by atoms with Crippen LogP contribution in [-0.4, -0.2) is 41.2 Å². The van der Waals surface area contributed by atoms with Crippen LogP contribution in [0.2, 0.25) is 0 Å². The highest BCUT2D eigenvalue weighted by molar-refractivity contribution is 7.17. The lowest BCUT2D eigenvalue weighted by atomic mass is 10.4. The maximum absolute atomic E-state index is 12.0. The number of carbonyl (C=O) groups is 2. The Labute approximate surface area is 114 Å². The Bertz CT molecular complexity index is 602. The molecule has 0 spiro atoms. The normalized spacial score (nSPS) is 10.6. The van der Waals surface area contributed by atoms with E-state index in [0.29, 0.717) is 5.69 Å². The van der Waals surface area contributed by atoms with Gasteiger partial charge in [0.05, 0.1) is 23.4 Å². The van der Waals surface area contributed by atoms with E-state index in [1.165, 1.54) is 0 Å². The van der Waals surface area contributed by atoms with Gasteiger partial charge in [-0.3, -0.25) is 9.59 Å². The molecular weight excluding hydrogens is 266 g/mol. The van der Waals surface area contributed by atoms with Gasteiger partial charge in [0.15, 0.2) is 0 Å². The fourth-order valence-corrected chi connectivity index (χ4v) is 2.63. The molecule has 2 rings (SSSR count). The van der Waals surface area contributed by atoms with Crippen molar-refractivity contribution in [2.75, 3.05) is 19.7 Å². The van der Waals surface area contributed by atoms with Crippen molar-refractivity contribution in [1.29, 1.82) is 0 Å². The van der Waals surface area contributed by atoms with Crippen LogP contribution in [0.25, 0.3) is 10.2 Å². The lowest BCUT2D eigenvalue weighted by molar-refractivity contribution is -0.120. The molecule has 102 valence electrons. The van der Waals surface area contributed by atoms with Crippen molar-refractivity contribution in [3.05, 3.63) is 23.2 Å². The predicted octanol–water partition coefficient (Wildman–Crippen LogP) is 0.0781. The molecule has 2 heterocycles. The van der Waals surface area contributed by atoms with Gasteiger partial charge in [-0.1, -0.05) is 0 Å². The number of fused-ring (bicyclic) bond motifs is 1. The summed E-state index contributed by atoms with van der Waals surface area (Å²) in [6.07, 6.45) is 0. The molecule has 0 fully saturated rings. The zero-order valence-corrected chi connectivity index (χ0v) is 11.3. The number of carbonyl (C=O) groups excluding carboxylic acids is 2. The first kappa shape index (κ1) is 13.6. The molecule has 2 aromatic heterocycles. The molecule has 7 heteroatoms. The largest absolute Gasteiger partial charge is 0.395 e. The molecule has 0 aliphatic rings. The molecule has 0 saturated carbocycles. The van der Waals surface area contributed by atoms with Gasteiger partial charge in [-0.05, 0) is 17.5 Å². The van der Waals surface area contributed by atoms with Crippen LogP contribution in [0.1, 0.15) is 10.5 Å². The Morgan fingerprint density at radius 2 is 2.21 bits per heavy atom. The Hall–Kier alpha value is -1.86. The SMILES string of the molecule is Cn1c(C(=O)NCC(=O)NCCO)cc2sccc21. The molecule has 6 nitrogen and oxygen atoms in total. The van der Waals surface area contributed by atoms with Crippen molar-refractivity contribution in [1.82, 2.24) is 15.2 Å².